The molecule has 0 radical (unpaired) electrons. The lowest BCUT2D eigenvalue weighted by atomic mass is 9.96. The number of hydrogen-bond acceptors (Lipinski definition) is 5. The minimum Gasteiger partial charge on any atom is -0.467 e. The first-order valence-corrected chi connectivity index (χ1v) is 6.53. The average Bonchev–Trinajstić information content (AvgIpc) is 2.44. The van der Waals surface area contributed by atoms with Gasteiger partial charge in [0.25, 0.3) is 0 Å². The number of aryl methyl sites for hydroxylation is 1. The van der Waals surface area contributed by atoms with E-state index in [1.807, 2.05) is 6.92 Å². The lowest BCUT2D eigenvalue weighted by molar-refractivity contribution is 0.0711. The van der Waals surface area contributed by atoms with Crippen LogP contribution in [0.25, 0.3) is 0 Å². The van der Waals surface area contributed by atoms with Gasteiger partial charge in [0.15, 0.2) is 0 Å². The number of nitrogens with zero attached hydrogens (tertiary/aromatic N) is 2. The van der Waals surface area contributed by atoms with Crippen LogP contribution in [0, 0.1) is 12.7 Å². The lowest BCUT2D eigenvalue weighted by Crippen LogP contribution is -2.31. The number of rotatable bonds is 5. The van der Waals surface area contributed by atoms with Gasteiger partial charge in [0.1, 0.15) is 17.2 Å². The van der Waals surface area contributed by atoms with E-state index in [1.165, 1.54) is 19.2 Å². The van der Waals surface area contributed by atoms with Crippen molar-refractivity contribution in [2.24, 2.45) is 0 Å². The second-order valence-corrected chi connectivity index (χ2v) is 5.02. The highest BCUT2D eigenvalue weighted by Crippen LogP contribution is 2.22. The smallest absolute Gasteiger partial charge is 0.318 e. The highest BCUT2D eigenvalue weighted by atomic mass is 19.1. The summed E-state index contributed by atoms with van der Waals surface area (Å²) in [6, 6.07) is 7.89. The molecule has 112 valence electrons. The standard InChI is InChI=1S/C15H18FN3O2/c1-10-7-13(19-14(18-10)21-3)17-9-15(2,20)11-5-4-6-12(16)8-11/h4-8,20H,9H2,1-3H3,(H,17,18,19). The molecule has 0 saturated heterocycles. The Labute approximate surface area is 122 Å². The molecule has 0 aliphatic rings. The van der Waals surface area contributed by atoms with Crippen LogP contribution in [0.2, 0.25) is 0 Å². The molecule has 21 heavy (non-hydrogen) atoms. The van der Waals surface area contributed by atoms with E-state index in [0.29, 0.717) is 11.4 Å². The van der Waals surface area contributed by atoms with E-state index in [9.17, 15) is 9.50 Å². The Morgan fingerprint density at radius 3 is 2.76 bits per heavy atom. The number of ether oxygens (including phenoxy) is 1. The monoisotopic (exact) mass is 291 g/mol. The van der Waals surface area contributed by atoms with Gasteiger partial charge in [0.05, 0.1) is 7.11 Å². The van der Waals surface area contributed by atoms with Crippen LogP contribution in [0.15, 0.2) is 30.3 Å². The van der Waals surface area contributed by atoms with Crippen LogP contribution < -0.4 is 10.1 Å². The maximum Gasteiger partial charge on any atom is 0.318 e. The van der Waals surface area contributed by atoms with Crippen molar-refractivity contribution in [2.45, 2.75) is 19.4 Å². The average molecular weight is 291 g/mol. The number of methoxy groups -OCH3 is 1. The zero-order valence-electron chi connectivity index (χ0n) is 12.2. The summed E-state index contributed by atoms with van der Waals surface area (Å²) in [4.78, 5) is 8.22. The number of aromatic nitrogens is 2. The van der Waals surface area contributed by atoms with Crippen LogP contribution in [0.3, 0.4) is 0 Å². The first-order chi connectivity index (χ1) is 9.90. The van der Waals surface area contributed by atoms with Crippen molar-refractivity contribution in [3.8, 4) is 6.01 Å². The number of aliphatic hydroxyl groups is 1. The highest BCUT2D eigenvalue weighted by Gasteiger charge is 2.23. The summed E-state index contributed by atoms with van der Waals surface area (Å²) in [7, 11) is 1.49. The molecule has 2 aromatic rings. The van der Waals surface area contributed by atoms with Crippen molar-refractivity contribution in [2.75, 3.05) is 19.0 Å². The Bertz CT molecular complexity index is 632. The number of nitrogens with one attached hydrogen (secondary N) is 1. The van der Waals surface area contributed by atoms with Crippen LogP contribution in [0.1, 0.15) is 18.2 Å². The first-order valence-electron chi connectivity index (χ1n) is 6.53. The molecule has 0 saturated carbocycles. The predicted octanol–water partition coefficient (Wildman–Crippen LogP) is 2.25. The van der Waals surface area contributed by atoms with Gasteiger partial charge in [-0.15, -0.1) is 0 Å². The van der Waals surface area contributed by atoms with Gasteiger partial charge in [0.2, 0.25) is 0 Å². The third-order valence-corrected chi connectivity index (χ3v) is 3.08. The third kappa shape index (κ3) is 3.88. The van der Waals surface area contributed by atoms with Gasteiger partial charge in [0, 0.05) is 18.3 Å². The molecule has 1 aromatic heterocycles. The van der Waals surface area contributed by atoms with Crippen LogP contribution in [-0.4, -0.2) is 28.7 Å². The number of anilines is 1. The summed E-state index contributed by atoms with van der Waals surface area (Å²) in [6.07, 6.45) is 0. The van der Waals surface area contributed by atoms with Gasteiger partial charge in [-0.2, -0.15) is 4.98 Å². The fraction of sp³-hybridized carbons (Fsp3) is 0.333. The lowest BCUT2D eigenvalue weighted by Gasteiger charge is -2.24. The van der Waals surface area contributed by atoms with E-state index in [2.05, 4.69) is 15.3 Å². The van der Waals surface area contributed by atoms with E-state index in [1.54, 1.807) is 25.1 Å². The molecular weight excluding hydrogens is 273 g/mol. The van der Waals surface area contributed by atoms with Gasteiger partial charge in [-0.1, -0.05) is 12.1 Å². The maximum absolute atomic E-state index is 13.2. The molecule has 0 bridgehead atoms. The Kier molecular flexibility index (Phi) is 4.37. The highest BCUT2D eigenvalue weighted by molar-refractivity contribution is 5.38. The van der Waals surface area contributed by atoms with Crippen molar-refractivity contribution in [3.05, 3.63) is 47.4 Å². The molecule has 0 aliphatic heterocycles. The molecule has 1 heterocycles. The summed E-state index contributed by atoms with van der Waals surface area (Å²) in [6.45, 7) is 3.61. The summed E-state index contributed by atoms with van der Waals surface area (Å²) >= 11 is 0. The van der Waals surface area contributed by atoms with Gasteiger partial charge in [-0.25, -0.2) is 9.37 Å². The Hall–Kier alpha value is -2.21. The molecule has 5 nitrogen and oxygen atoms in total. The molecule has 2 rings (SSSR count). The Morgan fingerprint density at radius 1 is 1.33 bits per heavy atom. The number of hydrogen-bond donors (Lipinski definition) is 2. The van der Waals surface area contributed by atoms with Crippen molar-refractivity contribution in [3.63, 3.8) is 0 Å². The molecule has 1 unspecified atom stereocenters. The SMILES string of the molecule is COc1nc(C)cc(NCC(C)(O)c2cccc(F)c2)n1. The van der Waals surface area contributed by atoms with E-state index >= 15 is 0 Å². The van der Waals surface area contributed by atoms with Gasteiger partial charge < -0.3 is 15.2 Å². The maximum atomic E-state index is 13.2. The van der Waals surface area contributed by atoms with Crippen molar-refractivity contribution in [1.82, 2.24) is 9.97 Å². The summed E-state index contributed by atoms with van der Waals surface area (Å²) in [5, 5.41) is 13.5. The molecule has 0 aliphatic carbocycles. The molecule has 1 aromatic carbocycles. The van der Waals surface area contributed by atoms with Gasteiger partial charge in [-0.3, -0.25) is 0 Å². The molecule has 1 atom stereocenters. The third-order valence-electron chi connectivity index (χ3n) is 3.08. The summed E-state index contributed by atoms with van der Waals surface area (Å²) in [5.41, 5.74) is 0.0104. The minimum atomic E-state index is -1.23. The fourth-order valence-corrected chi connectivity index (χ4v) is 1.91. The molecule has 0 amide bonds. The summed E-state index contributed by atoms with van der Waals surface area (Å²) < 4.78 is 18.2. The molecular formula is C15H18FN3O2. The molecule has 0 spiro atoms. The minimum absolute atomic E-state index is 0.177. The predicted molar refractivity (Wildman–Crippen MR) is 77.8 cm³/mol. The van der Waals surface area contributed by atoms with Crippen molar-refractivity contribution in [1.29, 1.82) is 0 Å². The zero-order chi connectivity index (χ0) is 15.5. The molecule has 2 N–H and O–H groups in total. The van der Waals surface area contributed by atoms with E-state index in [0.717, 1.165) is 5.69 Å². The quantitative estimate of drug-likeness (QED) is 0.884. The first kappa shape index (κ1) is 15.2. The zero-order valence-corrected chi connectivity index (χ0v) is 12.2. The number of benzene rings is 1. The normalized spacial score (nSPS) is 13.6. The van der Waals surface area contributed by atoms with Crippen LogP contribution in [0.4, 0.5) is 10.2 Å². The van der Waals surface area contributed by atoms with Crippen molar-refractivity contribution < 1.29 is 14.2 Å². The van der Waals surface area contributed by atoms with Crippen molar-refractivity contribution >= 4 is 5.82 Å². The van der Waals surface area contributed by atoms with Gasteiger partial charge >= 0.3 is 6.01 Å². The largest absolute Gasteiger partial charge is 0.467 e. The van der Waals surface area contributed by atoms with Crippen LogP contribution >= 0.6 is 0 Å². The van der Waals surface area contributed by atoms with Crippen LogP contribution in [-0.2, 0) is 5.60 Å². The second-order valence-electron chi connectivity index (χ2n) is 5.02. The molecule has 0 fully saturated rings. The fourth-order valence-electron chi connectivity index (χ4n) is 1.91. The Balaban J connectivity index is 2.13. The van der Waals surface area contributed by atoms with Gasteiger partial charge in [-0.05, 0) is 31.5 Å². The topological polar surface area (TPSA) is 67.3 Å². The summed E-state index contributed by atoms with van der Waals surface area (Å²) in [5.74, 6) is 0.156. The van der Waals surface area contributed by atoms with E-state index < -0.39 is 5.60 Å². The second kappa shape index (κ2) is 6.05. The molecule has 6 heteroatoms. The Morgan fingerprint density at radius 2 is 2.10 bits per heavy atom. The number of halogens is 1. The van der Waals surface area contributed by atoms with Crippen LogP contribution in [0.5, 0.6) is 6.01 Å². The van der Waals surface area contributed by atoms with E-state index in [4.69, 9.17) is 4.74 Å². The van der Waals surface area contributed by atoms with E-state index in [-0.39, 0.29) is 18.4 Å².